The van der Waals surface area contributed by atoms with Gasteiger partial charge < -0.3 is 24.8 Å². The van der Waals surface area contributed by atoms with Crippen LogP contribution >= 0.6 is 11.8 Å². The molecule has 0 heterocycles. The normalized spacial score (nSPS) is 12.8. The molecule has 2 rings (SSSR count). The molecule has 0 amide bonds. The van der Waals surface area contributed by atoms with Gasteiger partial charge in [-0.1, -0.05) is 62.6 Å². The topological polar surface area (TPSA) is 113 Å². The number of para-hydroxylation sites is 1. The number of thioether (sulfide) groups is 1. The fourth-order valence-corrected chi connectivity index (χ4v) is 5.15. The molecule has 0 fully saturated rings. The highest BCUT2D eigenvalue weighted by atomic mass is 32.2. The van der Waals surface area contributed by atoms with E-state index in [0.717, 1.165) is 29.7 Å². The molecule has 38 heavy (non-hydrogen) atoms. The Balaban J connectivity index is 2.09. The van der Waals surface area contributed by atoms with Crippen LogP contribution in [0.4, 0.5) is 0 Å². The summed E-state index contributed by atoms with van der Waals surface area (Å²) in [6.45, 7) is 2.87. The minimum absolute atomic E-state index is 0.00556. The first-order valence-corrected chi connectivity index (χ1v) is 14.2. The molecular formula is C30H40O7S. The van der Waals surface area contributed by atoms with E-state index < -0.39 is 18.0 Å². The molecule has 0 aromatic heterocycles. The maximum atomic E-state index is 11.3. The summed E-state index contributed by atoms with van der Waals surface area (Å²) in [5, 5.41) is 28.8. The molecule has 0 bridgehead atoms. The summed E-state index contributed by atoms with van der Waals surface area (Å²) in [6.07, 6.45) is 9.20. The van der Waals surface area contributed by atoms with Crippen molar-refractivity contribution < 1.29 is 34.4 Å². The van der Waals surface area contributed by atoms with Crippen LogP contribution < -0.4 is 9.47 Å². The Kier molecular flexibility index (Phi) is 14.4. The number of hydrogen-bond donors (Lipinski definition) is 3. The number of ether oxygens (including phenoxy) is 2. The van der Waals surface area contributed by atoms with Crippen LogP contribution in [-0.4, -0.2) is 52.3 Å². The van der Waals surface area contributed by atoms with Gasteiger partial charge in [-0.05, 0) is 49.4 Å². The molecule has 0 aliphatic rings. The zero-order chi connectivity index (χ0) is 27.8. The Morgan fingerprint density at radius 3 is 2.50 bits per heavy atom. The molecule has 0 aliphatic carbocycles. The summed E-state index contributed by atoms with van der Waals surface area (Å²) in [5.74, 6) is -0.0755. The van der Waals surface area contributed by atoms with Gasteiger partial charge in [0.05, 0.1) is 25.4 Å². The smallest absolute Gasteiger partial charge is 0.335 e. The van der Waals surface area contributed by atoms with Crippen molar-refractivity contribution in [3.05, 3.63) is 71.3 Å². The molecule has 0 radical (unpaired) electrons. The zero-order valence-electron chi connectivity index (χ0n) is 22.3. The van der Waals surface area contributed by atoms with Crippen LogP contribution in [0.3, 0.4) is 0 Å². The number of hydrogen-bond acceptors (Lipinski definition) is 6. The molecule has 0 unspecified atom stereocenters. The van der Waals surface area contributed by atoms with E-state index in [1.165, 1.54) is 43.8 Å². The zero-order valence-corrected chi connectivity index (χ0v) is 23.1. The van der Waals surface area contributed by atoms with Gasteiger partial charge >= 0.3 is 11.9 Å². The lowest BCUT2D eigenvalue weighted by atomic mass is 10.1. The van der Waals surface area contributed by atoms with Crippen molar-refractivity contribution in [1.82, 2.24) is 0 Å². The average Bonchev–Trinajstić information content (AvgIpc) is 2.90. The predicted octanol–water partition coefficient (Wildman–Crippen LogP) is 6.37. The highest BCUT2D eigenvalue weighted by Gasteiger charge is 2.19. The third kappa shape index (κ3) is 11.2. The number of aliphatic hydroxyl groups excluding tert-OH is 1. The maximum absolute atomic E-state index is 11.3. The monoisotopic (exact) mass is 544 g/mol. The lowest BCUT2D eigenvalue weighted by Gasteiger charge is -2.20. The van der Waals surface area contributed by atoms with Crippen molar-refractivity contribution in [1.29, 1.82) is 0 Å². The molecule has 2 aromatic carbocycles. The molecule has 3 N–H and O–H groups in total. The van der Waals surface area contributed by atoms with Crippen LogP contribution in [0.25, 0.3) is 0 Å². The number of carbonyl (C=O) groups is 2. The summed E-state index contributed by atoms with van der Waals surface area (Å²) in [7, 11) is 1.50. The van der Waals surface area contributed by atoms with Gasteiger partial charge in [-0.25, -0.2) is 4.79 Å². The molecule has 2 atom stereocenters. The molecule has 2 aromatic rings. The first-order chi connectivity index (χ1) is 18.3. The lowest BCUT2D eigenvalue weighted by molar-refractivity contribution is -0.137. The second kappa shape index (κ2) is 17.5. The second-order valence-corrected chi connectivity index (χ2v) is 10.3. The van der Waals surface area contributed by atoms with Gasteiger partial charge in [0.25, 0.3) is 0 Å². The van der Waals surface area contributed by atoms with Gasteiger partial charge in [0, 0.05) is 23.0 Å². The quantitative estimate of drug-likeness (QED) is 0.138. The van der Waals surface area contributed by atoms with E-state index in [1.807, 2.05) is 36.4 Å². The van der Waals surface area contributed by atoms with E-state index >= 15 is 0 Å². The number of carboxylic acid groups (broad SMARTS) is 2. The lowest BCUT2D eigenvalue weighted by Crippen LogP contribution is -2.22. The van der Waals surface area contributed by atoms with Gasteiger partial charge in [-0.15, -0.1) is 11.8 Å². The van der Waals surface area contributed by atoms with Crippen molar-refractivity contribution in [2.45, 2.75) is 75.4 Å². The highest BCUT2D eigenvalue weighted by molar-refractivity contribution is 7.99. The summed E-state index contributed by atoms with van der Waals surface area (Å²) < 4.78 is 11.4. The molecule has 0 saturated carbocycles. The minimum atomic E-state index is -1.03. The molecular weight excluding hydrogens is 504 g/mol. The van der Waals surface area contributed by atoms with Crippen molar-refractivity contribution in [3.8, 4) is 11.5 Å². The van der Waals surface area contributed by atoms with Crippen molar-refractivity contribution in [3.63, 3.8) is 0 Å². The third-order valence-electron chi connectivity index (χ3n) is 6.13. The van der Waals surface area contributed by atoms with Gasteiger partial charge in [0.1, 0.15) is 11.5 Å². The Labute approximate surface area is 229 Å². The Hall–Kier alpha value is -2.97. The molecule has 8 heteroatoms. The number of rotatable bonds is 19. The van der Waals surface area contributed by atoms with E-state index in [-0.39, 0.29) is 17.2 Å². The number of benzene rings is 2. The van der Waals surface area contributed by atoms with Gasteiger partial charge in [0.15, 0.2) is 0 Å². The fraction of sp³-hybridized carbons (Fsp3) is 0.467. The number of allylic oxidation sites excluding steroid dienone is 1. The summed E-state index contributed by atoms with van der Waals surface area (Å²) >= 11 is 1.50. The SMILES string of the molecule is CCCCCCOc1ccccc1C/C=C\[C@@H](SCc1ccc(C(=O)O)cc1OC)[C@@H](O)CCCC(=O)O. The molecule has 7 nitrogen and oxygen atoms in total. The number of aromatic carboxylic acids is 1. The largest absolute Gasteiger partial charge is 0.496 e. The second-order valence-electron chi connectivity index (χ2n) is 9.11. The van der Waals surface area contributed by atoms with Gasteiger partial charge in [-0.2, -0.15) is 0 Å². The highest BCUT2D eigenvalue weighted by Crippen LogP contribution is 2.30. The predicted molar refractivity (Wildman–Crippen MR) is 151 cm³/mol. The maximum Gasteiger partial charge on any atom is 0.335 e. The van der Waals surface area contributed by atoms with E-state index in [2.05, 4.69) is 6.92 Å². The summed E-state index contributed by atoms with van der Waals surface area (Å²) in [6, 6.07) is 12.7. The first kappa shape index (κ1) is 31.2. The van der Waals surface area contributed by atoms with Gasteiger partial charge in [0.2, 0.25) is 0 Å². The number of aliphatic hydroxyl groups is 1. The standard InChI is InChI=1S/C30H40O7S/c1-3-4-5-8-19-37-26-14-7-6-11-22(26)12-9-15-28(25(31)13-10-16-29(32)33)38-21-24-18-17-23(30(34)35)20-27(24)36-2/h6-7,9,11,14-15,17-18,20,25,28,31H,3-5,8,10,12-13,16,19,21H2,1-2H3,(H,32,33)(H,34,35)/b15-9-/t25-,28+/m0/s1. The van der Waals surface area contributed by atoms with Crippen molar-refractivity contribution >= 4 is 23.7 Å². The van der Waals surface area contributed by atoms with Crippen LogP contribution in [0, 0.1) is 0 Å². The van der Waals surface area contributed by atoms with Crippen molar-refractivity contribution in [2.75, 3.05) is 13.7 Å². The average molecular weight is 545 g/mol. The number of methoxy groups -OCH3 is 1. The molecule has 208 valence electrons. The van der Waals surface area contributed by atoms with Crippen LogP contribution in [0.2, 0.25) is 0 Å². The van der Waals surface area contributed by atoms with E-state index in [9.17, 15) is 19.8 Å². The van der Waals surface area contributed by atoms with Crippen molar-refractivity contribution in [2.24, 2.45) is 0 Å². The van der Waals surface area contributed by atoms with E-state index in [4.69, 9.17) is 14.6 Å². The molecule has 0 aliphatic heterocycles. The molecule has 0 spiro atoms. The Morgan fingerprint density at radius 1 is 1.00 bits per heavy atom. The van der Waals surface area contributed by atoms with Crippen LogP contribution in [-0.2, 0) is 17.0 Å². The summed E-state index contributed by atoms with van der Waals surface area (Å²) in [5.41, 5.74) is 2.03. The third-order valence-corrected chi connectivity index (χ3v) is 7.46. The van der Waals surface area contributed by atoms with Gasteiger partial charge in [-0.3, -0.25) is 4.79 Å². The van der Waals surface area contributed by atoms with Crippen LogP contribution in [0.5, 0.6) is 11.5 Å². The molecule has 0 saturated heterocycles. The fourth-order valence-electron chi connectivity index (χ4n) is 3.96. The number of unbranched alkanes of at least 4 members (excludes halogenated alkanes) is 3. The van der Waals surface area contributed by atoms with Crippen LogP contribution in [0.15, 0.2) is 54.6 Å². The minimum Gasteiger partial charge on any atom is -0.496 e. The van der Waals surface area contributed by atoms with E-state index in [0.29, 0.717) is 37.4 Å². The summed E-state index contributed by atoms with van der Waals surface area (Å²) in [4.78, 5) is 22.2. The van der Waals surface area contributed by atoms with Crippen LogP contribution in [0.1, 0.15) is 73.4 Å². The number of aliphatic carboxylic acids is 1. The van der Waals surface area contributed by atoms with E-state index in [1.54, 1.807) is 6.07 Å². The number of carboxylic acids is 2. The first-order valence-electron chi connectivity index (χ1n) is 13.1. The Bertz CT molecular complexity index is 1040. The Morgan fingerprint density at radius 2 is 1.79 bits per heavy atom.